The highest BCUT2D eigenvalue weighted by Crippen LogP contribution is 2.33. The molecule has 1 aromatic heterocycles. The van der Waals surface area contributed by atoms with Crippen molar-refractivity contribution in [1.29, 1.82) is 0 Å². The van der Waals surface area contributed by atoms with Gasteiger partial charge in [-0.05, 0) is 61.9 Å². The Hall–Kier alpha value is -2.93. The van der Waals surface area contributed by atoms with Crippen molar-refractivity contribution < 1.29 is 14.4 Å². The highest BCUT2D eigenvalue weighted by atomic mass is 35.5. The van der Waals surface area contributed by atoms with E-state index in [1.807, 2.05) is 23.1 Å². The SMILES string of the molecule is O=C(CCCC(=O)N(C1CCCCC1)[C@@H](C(=O)NC1CCCCC1)c1ccc(Cl)cc1)Nc1ccccn1. The maximum Gasteiger partial charge on any atom is 0.247 e. The molecule has 2 fully saturated rings. The second-order valence-corrected chi connectivity index (χ2v) is 10.9. The van der Waals surface area contributed by atoms with Crippen LogP contribution in [0.15, 0.2) is 48.7 Å². The summed E-state index contributed by atoms with van der Waals surface area (Å²) in [4.78, 5) is 46.1. The third-order valence-electron chi connectivity index (χ3n) is 7.65. The van der Waals surface area contributed by atoms with E-state index < -0.39 is 6.04 Å². The van der Waals surface area contributed by atoms with Gasteiger partial charge < -0.3 is 15.5 Å². The number of pyridine rings is 1. The number of hydrogen-bond acceptors (Lipinski definition) is 4. The number of nitrogens with zero attached hydrogens (tertiary/aromatic N) is 2. The predicted octanol–water partition coefficient (Wildman–Crippen LogP) is 6.20. The third kappa shape index (κ3) is 8.03. The standard InChI is InChI=1S/C30H39ClN4O3/c31-23-19-17-22(18-20-23)29(30(38)33-24-10-3-1-4-11-24)35(25-12-5-2-6-13-25)28(37)16-9-15-27(36)34-26-14-7-8-21-32-26/h7-8,14,17-21,24-25,29H,1-6,9-13,15-16H2,(H,33,38)(H,32,34,36)/t29-/m1/s1. The van der Waals surface area contributed by atoms with Gasteiger partial charge in [0.25, 0.3) is 0 Å². The first kappa shape index (κ1) is 28.1. The number of carbonyl (C=O) groups excluding carboxylic acids is 3. The molecule has 1 heterocycles. The van der Waals surface area contributed by atoms with E-state index in [0.717, 1.165) is 63.4 Å². The Labute approximate surface area is 230 Å². The minimum atomic E-state index is -0.716. The summed E-state index contributed by atoms with van der Waals surface area (Å²) in [6.45, 7) is 0. The van der Waals surface area contributed by atoms with Crippen LogP contribution < -0.4 is 10.6 Å². The highest BCUT2D eigenvalue weighted by molar-refractivity contribution is 6.30. The van der Waals surface area contributed by atoms with Crippen molar-refractivity contribution in [1.82, 2.24) is 15.2 Å². The van der Waals surface area contributed by atoms with Gasteiger partial charge >= 0.3 is 0 Å². The van der Waals surface area contributed by atoms with Gasteiger partial charge in [-0.1, -0.05) is 68.3 Å². The fraction of sp³-hybridized carbons (Fsp3) is 0.533. The third-order valence-corrected chi connectivity index (χ3v) is 7.90. The highest BCUT2D eigenvalue weighted by Gasteiger charge is 2.37. The molecule has 4 rings (SSSR count). The number of amides is 3. The molecule has 7 nitrogen and oxygen atoms in total. The molecule has 2 aliphatic carbocycles. The molecule has 0 spiro atoms. The van der Waals surface area contributed by atoms with Crippen molar-refractivity contribution in [3.8, 4) is 0 Å². The minimum Gasteiger partial charge on any atom is -0.351 e. The van der Waals surface area contributed by atoms with Crippen molar-refractivity contribution in [3.05, 3.63) is 59.2 Å². The summed E-state index contributed by atoms with van der Waals surface area (Å²) in [5.41, 5.74) is 0.773. The molecule has 2 saturated carbocycles. The summed E-state index contributed by atoms with van der Waals surface area (Å²) in [7, 11) is 0. The number of benzene rings is 1. The molecule has 204 valence electrons. The number of nitrogens with one attached hydrogen (secondary N) is 2. The molecule has 8 heteroatoms. The van der Waals surface area contributed by atoms with Crippen LogP contribution in [0, 0.1) is 0 Å². The van der Waals surface area contributed by atoms with E-state index in [2.05, 4.69) is 15.6 Å². The second kappa shape index (κ2) is 14.3. The second-order valence-electron chi connectivity index (χ2n) is 10.5. The zero-order valence-electron chi connectivity index (χ0n) is 22.0. The monoisotopic (exact) mass is 538 g/mol. The minimum absolute atomic E-state index is 0.00335. The number of carbonyl (C=O) groups is 3. The van der Waals surface area contributed by atoms with Gasteiger partial charge in [-0.2, -0.15) is 0 Å². The lowest BCUT2D eigenvalue weighted by Gasteiger charge is -2.40. The summed E-state index contributed by atoms with van der Waals surface area (Å²) in [6.07, 6.45) is 12.8. The average molecular weight is 539 g/mol. The lowest BCUT2D eigenvalue weighted by Crippen LogP contribution is -2.51. The molecule has 2 N–H and O–H groups in total. The smallest absolute Gasteiger partial charge is 0.247 e. The first-order valence-corrected chi connectivity index (χ1v) is 14.5. The Kier molecular flexibility index (Phi) is 10.6. The van der Waals surface area contributed by atoms with Gasteiger partial charge in [0.2, 0.25) is 17.7 Å². The Balaban J connectivity index is 1.50. The van der Waals surface area contributed by atoms with Crippen LogP contribution in [-0.2, 0) is 14.4 Å². The van der Waals surface area contributed by atoms with Crippen LogP contribution in [0.3, 0.4) is 0 Å². The number of rotatable bonds is 10. The molecule has 1 atom stereocenters. The molecule has 2 aliphatic rings. The zero-order chi connectivity index (χ0) is 26.7. The lowest BCUT2D eigenvalue weighted by atomic mass is 9.90. The Morgan fingerprint density at radius 3 is 2.24 bits per heavy atom. The van der Waals surface area contributed by atoms with E-state index in [4.69, 9.17) is 11.6 Å². The van der Waals surface area contributed by atoms with Crippen molar-refractivity contribution >= 4 is 35.1 Å². The summed E-state index contributed by atoms with van der Waals surface area (Å²) in [6, 6.07) is 12.0. The van der Waals surface area contributed by atoms with Crippen LogP contribution in [-0.4, -0.2) is 39.7 Å². The van der Waals surface area contributed by atoms with E-state index >= 15 is 0 Å². The van der Waals surface area contributed by atoms with Crippen LogP contribution in [0.5, 0.6) is 0 Å². The molecule has 0 bridgehead atoms. The largest absolute Gasteiger partial charge is 0.351 e. The van der Waals surface area contributed by atoms with Gasteiger partial charge in [-0.3, -0.25) is 14.4 Å². The summed E-state index contributed by atoms with van der Waals surface area (Å²) in [5, 5.41) is 6.64. The van der Waals surface area contributed by atoms with Gasteiger partial charge in [0.1, 0.15) is 11.9 Å². The molecule has 0 saturated heterocycles. The Morgan fingerprint density at radius 1 is 0.895 bits per heavy atom. The molecule has 0 radical (unpaired) electrons. The van der Waals surface area contributed by atoms with Crippen molar-refractivity contribution in [3.63, 3.8) is 0 Å². The van der Waals surface area contributed by atoms with Crippen LogP contribution in [0.4, 0.5) is 5.82 Å². The lowest BCUT2D eigenvalue weighted by molar-refractivity contribution is -0.145. The van der Waals surface area contributed by atoms with Gasteiger partial charge in [0, 0.05) is 36.1 Å². The van der Waals surface area contributed by atoms with Crippen LogP contribution in [0.25, 0.3) is 0 Å². The summed E-state index contributed by atoms with van der Waals surface area (Å²) >= 11 is 6.18. The van der Waals surface area contributed by atoms with Gasteiger partial charge in [0.15, 0.2) is 0 Å². The first-order valence-electron chi connectivity index (χ1n) is 14.1. The average Bonchev–Trinajstić information content (AvgIpc) is 2.94. The maximum absolute atomic E-state index is 13.9. The Morgan fingerprint density at radius 2 is 1.58 bits per heavy atom. The maximum atomic E-state index is 13.9. The predicted molar refractivity (Wildman–Crippen MR) is 150 cm³/mol. The number of halogens is 1. The van der Waals surface area contributed by atoms with E-state index in [1.165, 1.54) is 6.42 Å². The van der Waals surface area contributed by atoms with Crippen molar-refractivity contribution in [2.24, 2.45) is 0 Å². The molecular weight excluding hydrogens is 500 g/mol. The molecule has 3 amide bonds. The number of anilines is 1. The van der Waals surface area contributed by atoms with E-state index in [0.29, 0.717) is 17.3 Å². The van der Waals surface area contributed by atoms with E-state index in [-0.39, 0.29) is 42.6 Å². The van der Waals surface area contributed by atoms with Gasteiger partial charge in [0.05, 0.1) is 0 Å². The number of hydrogen-bond donors (Lipinski definition) is 2. The first-order chi connectivity index (χ1) is 18.5. The molecule has 38 heavy (non-hydrogen) atoms. The zero-order valence-corrected chi connectivity index (χ0v) is 22.8. The van der Waals surface area contributed by atoms with Crippen molar-refractivity contribution in [2.45, 2.75) is 102 Å². The van der Waals surface area contributed by atoms with Crippen LogP contribution in [0.2, 0.25) is 5.02 Å². The van der Waals surface area contributed by atoms with Gasteiger partial charge in [-0.25, -0.2) is 4.98 Å². The fourth-order valence-corrected chi connectivity index (χ4v) is 5.83. The fourth-order valence-electron chi connectivity index (χ4n) is 5.70. The van der Waals surface area contributed by atoms with E-state index in [9.17, 15) is 14.4 Å². The van der Waals surface area contributed by atoms with Gasteiger partial charge in [-0.15, -0.1) is 0 Å². The van der Waals surface area contributed by atoms with E-state index in [1.54, 1.807) is 30.5 Å². The topological polar surface area (TPSA) is 91.4 Å². The quantitative estimate of drug-likeness (QED) is 0.377. The Bertz CT molecular complexity index is 1050. The summed E-state index contributed by atoms with van der Waals surface area (Å²) in [5.74, 6) is 0.118. The molecular formula is C30H39ClN4O3. The number of aromatic nitrogens is 1. The summed E-state index contributed by atoms with van der Waals surface area (Å²) < 4.78 is 0. The van der Waals surface area contributed by atoms with Crippen LogP contribution in [0.1, 0.15) is 95.1 Å². The molecule has 0 aliphatic heterocycles. The van der Waals surface area contributed by atoms with Crippen molar-refractivity contribution in [2.75, 3.05) is 5.32 Å². The van der Waals surface area contributed by atoms with Crippen LogP contribution >= 0.6 is 11.6 Å². The molecule has 2 aromatic rings. The normalized spacial score (nSPS) is 17.4. The molecule has 1 aromatic carbocycles. The molecule has 0 unspecified atom stereocenters.